The fourth-order valence-electron chi connectivity index (χ4n) is 2.15. The van der Waals surface area contributed by atoms with Gasteiger partial charge >= 0.3 is 5.97 Å². The van der Waals surface area contributed by atoms with Gasteiger partial charge in [-0.2, -0.15) is 0 Å². The van der Waals surface area contributed by atoms with Crippen molar-refractivity contribution in [1.29, 1.82) is 0 Å². The van der Waals surface area contributed by atoms with Gasteiger partial charge in [0.2, 0.25) is 0 Å². The molecule has 0 amide bonds. The van der Waals surface area contributed by atoms with Crippen LogP contribution in [0, 0.1) is 5.92 Å². The van der Waals surface area contributed by atoms with Crippen molar-refractivity contribution in [3.05, 3.63) is 45.4 Å². The molecule has 2 N–H and O–H groups in total. The minimum atomic E-state index is -0.828. The molecule has 0 saturated heterocycles. The van der Waals surface area contributed by atoms with E-state index in [1.165, 1.54) is 11.3 Å². The monoisotopic (exact) mass is 368 g/mol. The summed E-state index contributed by atoms with van der Waals surface area (Å²) in [5.41, 5.74) is 0.823. The minimum Gasteiger partial charge on any atom is -0.486 e. The number of halogens is 1. The summed E-state index contributed by atoms with van der Waals surface area (Å²) >= 11 is 7.33. The first kappa shape index (κ1) is 18.7. The van der Waals surface area contributed by atoms with Gasteiger partial charge in [-0.05, 0) is 30.2 Å². The summed E-state index contributed by atoms with van der Waals surface area (Å²) < 4.78 is 5.65. The molecule has 2 rings (SSSR count). The number of carboxylic acids is 1. The van der Waals surface area contributed by atoms with Gasteiger partial charge in [-0.25, -0.2) is 4.98 Å². The second-order valence-corrected chi connectivity index (χ2v) is 6.94. The molecule has 7 heteroatoms. The zero-order chi connectivity index (χ0) is 17.5. The average Bonchev–Trinajstić information content (AvgIpc) is 3.02. The van der Waals surface area contributed by atoms with Gasteiger partial charge in [-0.15, -0.1) is 11.3 Å². The Kier molecular flexibility index (Phi) is 7.02. The van der Waals surface area contributed by atoms with Crippen molar-refractivity contribution in [2.75, 3.05) is 0 Å². The maximum Gasteiger partial charge on any atom is 0.320 e. The SMILES string of the molecule is CC[C@H](C)[C@H](NCc1csc(COc2ccc(Cl)cc2)n1)C(=O)O. The second kappa shape index (κ2) is 9.01. The van der Waals surface area contributed by atoms with E-state index in [-0.39, 0.29) is 5.92 Å². The van der Waals surface area contributed by atoms with E-state index in [2.05, 4.69) is 10.3 Å². The van der Waals surface area contributed by atoms with Crippen LogP contribution in [-0.2, 0) is 17.9 Å². The zero-order valence-electron chi connectivity index (χ0n) is 13.7. The highest BCUT2D eigenvalue weighted by molar-refractivity contribution is 7.09. The topological polar surface area (TPSA) is 71.5 Å². The summed E-state index contributed by atoms with van der Waals surface area (Å²) in [4.78, 5) is 15.8. The maximum atomic E-state index is 11.3. The predicted molar refractivity (Wildman–Crippen MR) is 95.6 cm³/mol. The Morgan fingerprint density at radius 2 is 2.12 bits per heavy atom. The first-order chi connectivity index (χ1) is 11.5. The number of aliphatic carboxylic acids is 1. The molecule has 0 aliphatic heterocycles. The summed E-state index contributed by atoms with van der Waals surface area (Å²) in [6.45, 7) is 4.72. The fourth-order valence-corrected chi connectivity index (χ4v) is 2.99. The molecule has 24 heavy (non-hydrogen) atoms. The minimum absolute atomic E-state index is 0.0637. The van der Waals surface area contributed by atoms with Gasteiger partial charge in [0.15, 0.2) is 0 Å². The molecule has 0 unspecified atom stereocenters. The van der Waals surface area contributed by atoms with Gasteiger partial charge in [-0.3, -0.25) is 10.1 Å². The quantitative estimate of drug-likeness (QED) is 0.700. The lowest BCUT2D eigenvalue weighted by Gasteiger charge is -2.19. The Balaban J connectivity index is 1.86. The molecule has 1 heterocycles. The number of hydrogen-bond acceptors (Lipinski definition) is 5. The number of benzene rings is 1. The Hall–Kier alpha value is -1.63. The summed E-state index contributed by atoms with van der Waals surface area (Å²) in [6.07, 6.45) is 0.807. The fraction of sp³-hybridized carbons (Fsp3) is 0.412. The Bertz CT molecular complexity index is 660. The normalized spacial score (nSPS) is 13.5. The molecule has 2 atom stereocenters. The highest BCUT2D eigenvalue weighted by Crippen LogP contribution is 2.18. The van der Waals surface area contributed by atoms with Crippen LogP contribution in [0.2, 0.25) is 5.02 Å². The van der Waals surface area contributed by atoms with E-state index < -0.39 is 12.0 Å². The Labute approximate surface area is 150 Å². The molecule has 0 aliphatic rings. The molecule has 130 valence electrons. The van der Waals surface area contributed by atoms with Gasteiger partial charge in [-0.1, -0.05) is 31.9 Å². The molecule has 0 fully saturated rings. The van der Waals surface area contributed by atoms with Crippen LogP contribution in [0.25, 0.3) is 0 Å². The third-order valence-electron chi connectivity index (χ3n) is 3.76. The second-order valence-electron chi connectivity index (χ2n) is 5.56. The van der Waals surface area contributed by atoms with E-state index in [4.69, 9.17) is 16.3 Å². The lowest BCUT2D eigenvalue weighted by atomic mass is 9.99. The van der Waals surface area contributed by atoms with Crippen LogP contribution in [0.15, 0.2) is 29.6 Å². The highest BCUT2D eigenvalue weighted by atomic mass is 35.5. The van der Waals surface area contributed by atoms with Crippen molar-refractivity contribution in [3.8, 4) is 5.75 Å². The summed E-state index contributed by atoms with van der Waals surface area (Å²) in [7, 11) is 0. The van der Waals surface area contributed by atoms with Gasteiger partial charge in [0.25, 0.3) is 0 Å². The third kappa shape index (κ3) is 5.47. The van der Waals surface area contributed by atoms with Crippen LogP contribution in [0.5, 0.6) is 5.75 Å². The predicted octanol–water partition coefficient (Wildman–Crippen LogP) is 3.96. The lowest BCUT2D eigenvalue weighted by Crippen LogP contribution is -2.41. The molecule has 0 spiro atoms. The first-order valence-electron chi connectivity index (χ1n) is 7.77. The van der Waals surface area contributed by atoms with Crippen molar-refractivity contribution >= 4 is 28.9 Å². The molecule has 5 nitrogen and oxygen atoms in total. The van der Waals surface area contributed by atoms with Crippen molar-refractivity contribution in [3.63, 3.8) is 0 Å². The van der Waals surface area contributed by atoms with Crippen LogP contribution in [-0.4, -0.2) is 22.1 Å². The standard InChI is InChI=1S/C17H21ClN2O3S/c1-3-11(2)16(17(21)22)19-8-13-10-24-15(20-13)9-23-14-6-4-12(18)5-7-14/h4-7,10-11,16,19H,3,8-9H2,1-2H3,(H,21,22)/t11-,16-/m0/s1. The van der Waals surface area contributed by atoms with Gasteiger partial charge in [0.1, 0.15) is 23.4 Å². The Morgan fingerprint density at radius 1 is 1.42 bits per heavy atom. The van der Waals surface area contributed by atoms with Crippen LogP contribution in [0.3, 0.4) is 0 Å². The molecule has 0 saturated carbocycles. The third-order valence-corrected chi connectivity index (χ3v) is 4.88. The lowest BCUT2D eigenvalue weighted by molar-refractivity contribution is -0.140. The van der Waals surface area contributed by atoms with Gasteiger partial charge in [0.05, 0.1) is 5.69 Å². The number of nitrogens with one attached hydrogen (secondary N) is 1. The number of nitrogens with zero attached hydrogens (tertiary/aromatic N) is 1. The zero-order valence-corrected chi connectivity index (χ0v) is 15.2. The number of hydrogen-bond donors (Lipinski definition) is 2. The summed E-state index contributed by atoms with van der Waals surface area (Å²) in [5.74, 6) is -0.0308. The smallest absolute Gasteiger partial charge is 0.320 e. The highest BCUT2D eigenvalue weighted by Gasteiger charge is 2.22. The van der Waals surface area contributed by atoms with Crippen LogP contribution in [0.1, 0.15) is 31.0 Å². The maximum absolute atomic E-state index is 11.3. The van der Waals surface area contributed by atoms with E-state index in [0.29, 0.717) is 18.2 Å². The van der Waals surface area contributed by atoms with Crippen molar-refractivity contribution in [2.24, 2.45) is 5.92 Å². The average molecular weight is 369 g/mol. The molecule has 1 aromatic carbocycles. The van der Waals surface area contributed by atoms with Crippen molar-refractivity contribution < 1.29 is 14.6 Å². The molecular weight excluding hydrogens is 348 g/mol. The largest absolute Gasteiger partial charge is 0.486 e. The Morgan fingerprint density at radius 3 is 2.75 bits per heavy atom. The number of rotatable bonds is 9. The van der Waals surface area contributed by atoms with Crippen molar-refractivity contribution in [2.45, 2.75) is 39.5 Å². The van der Waals surface area contributed by atoms with E-state index >= 15 is 0 Å². The summed E-state index contributed by atoms with van der Waals surface area (Å²) in [5, 5.41) is 15.8. The van der Waals surface area contributed by atoms with E-state index in [1.54, 1.807) is 12.1 Å². The molecule has 1 aromatic heterocycles. The van der Waals surface area contributed by atoms with Gasteiger partial charge in [0, 0.05) is 16.9 Å². The number of aromatic nitrogens is 1. The van der Waals surface area contributed by atoms with Crippen LogP contribution in [0.4, 0.5) is 0 Å². The molecular formula is C17H21ClN2O3S. The van der Waals surface area contributed by atoms with Crippen LogP contribution < -0.4 is 10.1 Å². The van der Waals surface area contributed by atoms with Crippen molar-refractivity contribution in [1.82, 2.24) is 10.3 Å². The molecule has 0 bridgehead atoms. The van der Waals surface area contributed by atoms with E-state index in [0.717, 1.165) is 22.9 Å². The number of carbonyl (C=O) groups is 1. The van der Waals surface area contributed by atoms with Crippen LogP contribution >= 0.6 is 22.9 Å². The molecule has 0 aliphatic carbocycles. The van der Waals surface area contributed by atoms with E-state index in [9.17, 15) is 9.90 Å². The van der Waals surface area contributed by atoms with E-state index in [1.807, 2.05) is 31.4 Å². The number of thiazole rings is 1. The molecule has 2 aromatic rings. The number of carboxylic acid groups (broad SMARTS) is 1. The molecule has 0 radical (unpaired) electrons. The van der Waals surface area contributed by atoms with Gasteiger partial charge < -0.3 is 9.84 Å². The first-order valence-corrected chi connectivity index (χ1v) is 9.03. The number of ether oxygens (including phenoxy) is 1. The summed E-state index contributed by atoms with van der Waals surface area (Å²) in [6, 6.07) is 6.60.